The van der Waals surface area contributed by atoms with Crippen molar-refractivity contribution in [1.29, 1.82) is 0 Å². The lowest BCUT2D eigenvalue weighted by Gasteiger charge is -2.12. The first-order valence-electron chi connectivity index (χ1n) is 7.34. The molecule has 0 aromatic heterocycles. The molecule has 0 bridgehead atoms. The molecule has 1 N–H and O–H groups in total. The van der Waals surface area contributed by atoms with E-state index in [1.807, 2.05) is 45.0 Å². The van der Waals surface area contributed by atoms with Crippen molar-refractivity contribution in [2.45, 2.75) is 53.2 Å². The fourth-order valence-corrected chi connectivity index (χ4v) is 1.30. The van der Waals surface area contributed by atoms with Gasteiger partial charge in [-0.2, -0.15) is 0 Å². The summed E-state index contributed by atoms with van der Waals surface area (Å²) < 4.78 is 9.36. The molecule has 1 atom stereocenters. The predicted octanol–water partition coefficient (Wildman–Crippen LogP) is 4.00. The minimum absolute atomic E-state index is 0.245. The van der Waals surface area contributed by atoms with Gasteiger partial charge >= 0.3 is 5.97 Å². The van der Waals surface area contributed by atoms with Gasteiger partial charge in [-0.05, 0) is 23.6 Å². The highest BCUT2D eigenvalue weighted by Gasteiger charge is 2.03. The third kappa shape index (κ3) is 8.15. The Morgan fingerprint density at radius 3 is 1.95 bits per heavy atom. The van der Waals surface area contributed by atoms with Crippen molar-refractivity contribution in [3.05, 3.63) is 42.2 Å². The molecule has 0 spiro atoms. The largest absolute Gasteiger partial charge is 0.465 e. The Morgan fingerprint density at radius 2 is 1.67 bits per heavy atom. The number of cyclic esters (lactones) is 1. The summed E-state index contributed by atoms with van der Waals surface area (Å²) in [4.78, 5) is 9.59. The second kappa shape index (κ2) is 10.9. The van der Waals surface area contributed by atoms with Crippen LogP contribution in [-0.4, -0.2) is 17.4 Å². The quantitative estimate of drug-likeness (QED) is 0.673. The second-order valence-corrected chi connectivity index (χ2v) is 4.44. The molecular formula is C17H26O4. The van der Waals surface area contributed by atoms with Crippen molar-refractivity contribution in [1.82, 2.24) is 0 Å². The molecule has 0 aliphatic carbocycles. The van der Waals surface area contributed by atoms with Crippen LogP contribution in [0.5, 0.6) is 5.75 Å². The SMILES string of the molecule is CC.CCC(O)Oc1ccc(C(C)C)cc1.O=C1C=CO1. The van der Waals surface area contributed by atoms with Crippen molar-refractivity contribution in [2.75, 3.05) is 0 Å². The van der Waals surface area contributed by atoms with E-state index in [1.54, 1.807) is 0 Å². The number of rotatable bonds is 4. The molecule has 2 rings (SSSR count). The molecule has 4 heteroatoms. The topological polar surface area (TPSA) is 55.8 Å². The predicted molar refractivity (Wildman–Crippen MR) is 84.0 cm³/mol. The maximum Gasteiger partial charge on any atom is 0.338 e. The first kappa shape index (κ1) is 19.2. The van der Waals surface area contributed by atoms with E-state index in [0.29, 0.717) is 12.3 Å². The van der Waals surface area contributed by atoms with Gasteiger partial charge in [0.25, 0.3) is 0 Å². The van der Waals surface area contributed by atoms with Gasteiger partial charge in [-0.1, -0.05) is 46.8 Å². The molecular weight excluding hydrogens is 268 g/mol. The van der Waals surface area contributed by atoms with Gasteiger partial charge in [0.2, 0.25) is 0 Å². The molecule has 0 saturated carbocycles. The van der Waals surface area contributed by atoms with Gasteiger partial charge in [-0.25, -0.2) is 4.79 Å². The molecule has 1 heterocycles. The molecule has 4 nitrogen and oxygen atoms in total. The number of aliphatic hydroxyl groups is 1. The summed E-state index contributed by atoms with van der Waals surface area (Å²) in [5.74, 6) is 1.01. The number of carbonyl (C=O) groups excluding carboxylic acids is 1. The van der Waals surface area contributed by atoms with Crippen LogP contribution in [0.25, 0.3) is 0 Å². The first-order chi connectivity index (χ1) is 10.0. The van der Waals surface area contributed by atoms with Crippen LogP contribution in [0.15, 0.2) is 36.6 Å². The number of esters is 1. The molecule has 1 unspecified atom stereocenters. The Labute approximate surface area is 127 Å². The molecule has 0 fully saturated rings. The highest BCUT2D eigenvalue weighted by molar-refractivity contribution is 5.86. The fourth-order valence-electron chi connectivity index (χ4n) is 1.30. The number of hydrogen-bond donors (Lipinski definition) is 1. The zero-order chi connectivity index (χ0) is 16.3. The maximum absolute atomic E-state index is 9.59. The van der Waals surface area contributed by atoms with Crippen LogP contribution in [0.2, 0.25) is 0 Å². The summed E-state index contributed by atoms with van der Waals surface area (Å²) in [6.07, 6.45) is 2.62. The van der Waals surface area contributed by atoms with Gasteiger partial charge in [0, 0.05) is 6.42 Å². The highest BCUT2D eigenvalue weighted by Crippen LogP contribution is 2.19. The highest BCUT2D eigenvalue weighted by atomic mass is 16.6. The first-order valence-corrected chi connectivity index (χ1v) is 7.34. The van der Waals surface area contributed by atoms with Crippen LogP contribution in [-0.2, 0) is 9.53 Å². The third-order valence-electron chi connectivity index (χ3n) is 2.56. The minimum Gasteiger partial charge on any atom is -0.465 e. The Hall–Kier alpha value is -1.81. The number of carbonyl (C=O) groups is 1. The van der Waals surface area contributed by atoms with Crippen LogP contribution in [0.1, 0.15) is 52.5 Å². The van der Waals surface area contributed by atoms with E-state index in [0.717, 1.165) is 5.75 Å². The Kier molecular flexibility index (Phi) is 9.98. The molecule has 21 heavy (non-hydrogen) atoms. The normalized spacial score (nSPS) is 13.0. The summed E-state index contributed by atoms with van der Waals surface area (Å²) in [5, 5.41) is 9.27. The van der Waals surface area contributed by atoms with Crippen LogP contribution in [0, 0.1) is 0 Å². The van der Waals surface area contributed by atoms with Crippen LogP contribution >= 0.6 is 0 Å². The number of benzene rings is 1. The molecule has 0 saturated heterocycles. The lowest BCUT2D eigenvalue weighted by atomic mass is 10.0. The summed E-state index contributed by atoms with van der Waals surface area (Å²) in [5.41, 5.74) is 1.28. The van der Waals surface area contributed by atoms with Gasteiger partial charge in [0.15, 0.2) is 6.29 Å². The number of ether oxygens (including phenoxy) is 2. The van der Waals surface area contributed by atoms with Crippen LogP contribution in [0.3, 0.4) is 0 Å². The van der Waals surface area contributed by atoms with Crippen molar-refractivity contribution >= 4 is 5.97 Å². The van der Waals surface area contributed by atoms with E-state index in [1.165, 1.54) is 17.9 Å². The zero-order valence-corrected chi connectivity index (χ0v) is 13.5. The lowest BCUT2D eigenvalue weighted by molar-refractivity contribution is -0.136. The Bertz CT molecular complexity index is 421. The van der Waals surface area contributed by atoms with E-state index < -0.39 is 6.29 Å². The van der Waals surface area contributed by atoms with E-state index in [9.17, 15) is 9.90 Å². The van der Waals surface area contributed by atoms with E-state index in [4.69, 9.17) is 4.74 Å². The average Bonchev–Trinajstić information content (AvgIpc) is 2.48. The summed E-state index contributed by atoms with van der Waals surface area (Å²) in [7, 11) is 0. The van der Waals surface area contributed by atoms with Crippen molar-refractivity contribution in [3.63, 3.8) is 0 Å². The standard InChI is InChI=1S/C12H18O2.C3H2O2.C2H6/c1-4-12(13)14-11-7-5-10(6-8-11)9(2)3;4-3-1-2-5-3;1-2/h5-9,12-13H,4H2,1-3H3;1-2H;1-2H3. The van der Waals surface area contributed by atoms with Gasteiger partial charge < -0.3 is 14.6 Å². The van der Waals surface area contributed by atoms with Crippen molar-refractivity contribution in [3.8, 4) is 5.75 Å². The fraction of sp³-hybridized carbons (Fsp3) is 0.471. The van der Waals surface area contributed by atoms with Crippen LogP contribution in [0.4, 0.5) is 0 Å². The number of aliphatic hydroxyl groups excluding tert-OH is 1. The van der Waals surface area contributed by atoms with Crippen LogP contribution < -0.4 is 4.74 Å². The minimum atomic E-state index is -0.695. The van der Waals surface area contributed by atoms with Gasteiger partial charge in [0.05, 0.1) is 6.08 Å². The Morgan fingerprint density at radius 1 is 1.19 bits per heavy atom. The second-order valence-electron chi connectivity index (χ2n) is 4.44. The maximum atomic E-state index is 9.59. The van der Waals surface area contributed by atoms with E-state index >= 15 is 0 Å². The summed E-state index contributed by atoms with van der Waals surface area (Å²) in [6.45, 7) is 10.2. The number of hydrogen-bond acceptors (Lipinski definition) is 4. The van der Waals surface area contributed by atoms with Gasteiger partial charge in [-0.3, -0.25) is 0 Å². The summed E-state index contributed by atoms with van der Waals surface area (Å²) in [6, 6.07) is 7.85. The lowest BCUT2D eigenvalue weighted by Crippen LogP contribution is -2.13. The Balaban J connectivity index is 0.000000473. The average molecular weight is 294 g/mol. The van der Waals surface area contributed by atoms with Gasteiger partial charge in [-0.15, -0.1) is 0 Å². The summed E-state index contributed by atoms with van der Waals surface area (Å²) >= 11 is 0. The van der Waals surface area contributed by atoms with E-state index in [-0.39, 0.29) is 5.97 Å². The van der Waals surface area contributed by atoms with Crippen molar-refractivity contribution < 1.29 is 19.4 Å². The molecule has 0 amide bonds. The molecule has 1 aromatic rings. The smallest absolute Gasteiger partial charge is 0.338 e. The zero-order valence-electron chi connectivity index (χ0n) is 13.5. The van der Waals surface area contributed by atoms with Crippen molar-refractivity contribution in [2.24, 2.45) is 0 Å². The molecule has 1 aliphatic heterocycles. The van der Waals surface area contributed by atoms with Gasteiger partial charge in [0.1, 0.15) is 12.0 Å². The third-order valence-corrected chi connectivity index (χ3v) is 2.56. The molecule has 1 aromatic carbocycles. The van der Waals surface area contributed by atoms with E-state index in [2.05, 4.69) is 18.6 Å². The molecule has 1 aliphatic rings. The molecule has 118 valence electrons. The molecule has 0 radical (unpaired) electrons. The monoisotopic (exact) mass is 294 g/mol.